The van der Waals surface area contributed by atoms with Crippen LogP contribution in [0, 0.1) is 5.92 Å². The first kappa shape index (κ1) is 12.1. The van der Waals surface area contributed by atoms with Crippen molar-refractivity contribution in [1.29, 1.82) is 0 Å². The van der Waals surface area contributed by atoms with Gasteiger partial charge in [-0.3, -0.25) is 4.98 Å². The number of benzene rings is 1. The molecule has 2 unspecified atom stereocenters. The molecule has 0 saturated heterocycles. The number of aromatic amines is 1. The van der Waals surface area contributed by atoms with Gasteiger partial charge in [0.15, 0.2) is 5.58 Å². The molecule has 5 N–H and O–H groups in total. The summed E-state index contributed by atoms with van der Waals surface area (Å²) in [5, 5.41) is 13.0. The predicted octanol–water partition coefficient (Wildman–Crippen LogP) is 1.28. The highest BCUT2D eigenvalue weighted by molar-refractivity contribution is 5.85. The van der Waals surface area contributed by atoms with Gasteiger partial charge in [0.2, 0.25) is 0 Å². The lowest BCUT2D eigenvalue weighted by atomic mass is 10.1. The van der Waals surface area contributed by atoms with E-state index in [1.165, 1.54) is 0 Å². The minimum atomic E-state index is -0.488. The number of aliphatic hydroxyl groups excluding tert-OH is 1. The minimum Gasteiger partial charge on any atom is -0.408 e. The summed E-state index contributed by atoms with van der Waals surface area (Å²) < 4.78 is 4.94. The third-order valence-corrected chi connectivity index (χ3v) is 3.76. The van der Waals surface area contributed by atoms with E-state index >= 15 is 0 Å². The summed E-state index contributed by atoms with van der Waals surface area (Å²) in [5.74, 6) is -0.226. The highest BCUT2D eigenvalue weighted by atomic mass is 16.4. The van der Waals surface area contributed by atoms with Crippen LogP contribution in [0.3, 0.4) is 0 Å². The van der Waals surface area contributed by atoms with E-state index in [9.17, 15) is 9.90 Å². The van der Waals surface area contributed by atoms with Crippen LogP contribution in [0.4, 0.5) is 11.4 Å². The van der Waals surface area contributed by atoms with Gasteiger partial charge in [0, 0.05) is 18.5 Å². The van der Waals surface area contributed by atoms with Gasteiger partial charge in [0.05, 0.1) is 23.0 Å². The number of hydrogen-bond acceptors (Lipinski definition) is 5. The molecule has 0 spiro atoms. The third-order valence-electron chi connectivity index (χ3n) is 3.76. The summed E-state index contributed by atoms with van der Waals surface area (Å²) in [6, 6.07) is 3.39. The number of H-pyrrole nitrogens is 1. The quantitative estimate of drug-likeness (QED) is 0.624. The van der Waals surface area contributed by atoms with Gasteiger partial charge in [-0.2, -0.15) is 0 Å². The Kier molecular flexibility index (Phi) is 2.94. The van der Waals surface area contributed by atoms with E-state index in [2.05, 4.69) is 10.3 Å². The molecule has 0 radical (unpaired) electrons. The topological polar surface area (TPSA) is 104 Å². The largest absolute Gasteiger partial charge is 0.417 e. The molecule has 1 aliphatic carbocycles. The van der Waals surface area contributed by atoms with Gasteiger partial charge in [-0.15, -0.1) is 0 Å². The Balaban J connectivity index is 1.80. The number of oxazole rings is 1. The Morgan fingerprint density at radius 1 is 1.47 bits per heavy atom. The van der Waals surface area contributed by atoms with Crippen molar-refractivity contribution in [2.75, 3.05) is 17.6 Å². The maximum atomic E-state index is 11.1. The zero-order valence-corrected chi connectivity index (χ0v) is 10.5. The fraction of sp³-hybridized carbons (Fsp3) is 0.462. The van der Waals surface area contributed by atoms with Crippen LogP contribution in [-0.4, -0.2) is 22.7 Å². The molecule has 0 bridgehead atoms. The molecule has 1 aliphatic rings. The van der Waals surface area contributed by atoms with E-state index in [-0.39, 0.29) is 12.0 Å². The minimum absolute atomic E-state index is 0.230. The summed E-state index contributed by atoms with van der Waals surface area (Å²) in [6.45, 7) is 0.680. The van der Waals surface area contributed by atoms with Gasteiger partial charge in [-0.25, -0.2) is 4.79 Å². The normalized spacial score (nSPS) is 23.0. The highest BCUT2D eigenvalue weighted by Crippen LogP contribution is 2.28. The lowest BCUT2D eigenvalue weighted by molar-refractivity contribution is 0.138. The standard InChI is InChI=1S/C13H17N3O3/c14-8-4-12-10(16-13(18)19-12)5-9(8)15-6-7-2-1-3-11(7)17/h4-5,7,11,15,17H,1-3,6,14H2,(H,16,18). The number of aromatic nitrogens is 1. The van der Waals surface area contributed by atoms with Gasteiger partial charge in [-0.1, -0.05) is 6.42 Å². The van der Waals surface area contributed by atoms with Gasteiger partial charge in [-0.05, 0) is 18.9 Å². The zero-order chi connectivity index (χ0) is 13.4. The van der Waals surface area contributed by atoms with Crippen molar-refractivity contribution < 1.29 is 9.52 Å². The first-order valence-corrected chi connectivity index (χ1v) is 6.48. The molecule has 1 aromatic heterocycles. The third kappa shape index (κ3) is 2.31. The van der Waals surface area contributed by atoms with Crippen LogP contribution in [0.1, 0.15) is 19.3 Å². The number of aliphatic hydroxyl groups is 1. The number of nitrogens with two attached hydrogens (primary N) is 1. The van der Waals surface area contributed by atoms with E-state index < -0.39 is 5.76 Å². The maximum Gasteiger partial charge on any atom is 0.417 e. The highest BCUT2D eigenvalue weighted by Gasteiger charge is 2.24. The van der Waals surface area contributed by atoms with Crippen molar-refractivity contribution in [2.24, 2.45) is 5.92 Å². The monoisotopic (exact) mass is 263 g/mol. The molecule has 19 heavy (non-hydrogen) atoms. The molecule has 0 amide bonds. The Bertz CT molecular complexity index is 646. The lowest BCUT2D eigenvalue weighted by Crippen LogP contribution is -2.22. The summed E-state index contributed by atoms with van der Waals surface area (Å²) in [5.41, 5.74) is 8.27. The number of rotatable bonds is 3. The average molecular weight is 263 g/mol. The molecule has 3 rings (SSSR count). The van der Waals surface area contributed by atoms with Crippen molar-refractivity contribution in [1.82, 2.24) is 4.98 Å². The Hall–Kier alpha value is -1.95. The fourth-order valence-electron chi connectivity index (χ4n) is 2.66. The molecule has 6 heteroatoms. The van der Waals surface area contributed by atoms with E-state index in [4.69, 9.17) is 10.2 Å². The Labute approximate surface area is 109 Å². The van der Waals surface area contributed by atoms with Gasteiger partial charge in [0.1, 0.15) is 0 Å². The second-order valence-corrected chi connectivity index (χ2v) is 5.09. The van der Waals surface area contributed by atoms with Crippen molar-refractivity contribution in [3.8, 4) is 0 Å². The number of fused-ring (bicyclic) bond motifs is 1. The lowest BCUT2D eigenvalue weighted by Gasteiger charge is -2.16. The van der Waals surface area contributed by atoms with Crippen LogP contribution in [0.5, 0.6) is 0 Å². The summed E-state index contributed by atoms with van der Waals surface area (Å²) >= 11 is 0. The molecule has 2 atom stereocenters. The van der Waals surface area contributed by atoms with Crippen molar-refractivity contribution in [3.63, 3.8) is 0 Å². The number of anilines is 2. The van der Waals surface area contributed by atoms with E-state index in [1.807, 2.05) is 0 Å². The van der Waals surface area contributed by atoms with Gasteiger partial charge < -0.3 is 20.6 Å². The molecule has 6 nitrogen and oxygen atoms in total. The van der Waals surface area contributed by atoms with E-state index in [1.54, 1.807) is 12.1 Å². The molecule has 102 valence electrons. The predicted molar refractivity (Wildman–Crippen MR) is 73.1 cm³/mol. The molecule has 2 aromatic rings. The summed E-state index contributed by atoms with van der Waals surface area (Å²) in [4.78, 5) is 13.7. The second-order valence-electron chi connectivity index (χ2n) is 5.09. The van der Waals surface area contributed by atoms with Crippen LogP contribution in [0.25, 0.3) is 11.1 Å². The summed E-state index contributed by atoms with van der Waals surface area (Å²) in [7, 11) is 0. The van der Waals surface area contributed by atoms with Crippen LogP contribution < -0.4 is 16.8 Å². The Morgan fingerprint density at radius 3 is 3.05 bits per heavy atom. The smallest absolute Gasteiger partial charge is 0.408 e. The van der Waals surface area contributed by atoms with E-state index in [0.29, 0.717) is 23.3 Å². The number of nitrogens with one attached hydrogen (secondary N) is 2. The molecule has 1 saturated carbocycles. The van der Waals surface area contributed by atoms with Crippen molar-refractivity contribution in [3.05, 3.63) is 22.7 Å². The fourth-order valence-corrected chi connectivity index (χ4v) is 2.66. The first-order valence-electron chi connectivity index (χ1n) is 6.48. The molecular formula is C13H17N3O3. The maximum absolute atomic E-state index is 11.1. The van der Waals surface area contributed by atoms with E-state index in [0.717, 1.165) is 24.9 Å². The van der Waals surface area contributed by atoms with Crippen LogP contribution >= 0.6 is 0 Å². The zero-order valence-electron chi connectivity index (χ0n) is 10.5. The molecule has 0 aliphatic heterocycles. The van der Waals surface area contributed by atoms with Crippen LogP contribution in [0.15, 0.2) is 21.3 Å². The number of nitrogen functional groups attached to an aromatic ring is 1. The number of hydrogen-bond donors (Lipinski definition) is 4. The molecule has 1 fully saturated rings. The van der Waals surface area contributed by atoms with Crippen LogP contribution in [0.2, 0.25) is 0 Å². The summed E-state index contributed by atoms with van der Waals surface area (Å²) in [6.07, 6.45) is 2.73. The van der Waals surface area contributed by atoms with Crippen molar-refractivity contribution in [2.45, 2.75) is 25.4 Å². The average Bonchev–Trinajstić information content (AvgIpc) is 2.91. The molecule has 1 aromatic carbocycles. The molecular weight excluding hydrogens is 246 g/mol. The van der Waals surface area contributed by atoms with Crippen LogP contribution in [-0.2, 0) is 0 Å². The SMILES string of the molecule is Nc1cc2oc(=O)[nH]c2cc1NCC1CCCC1O. The second kappa shape index (κ2) is 4.62. The first-order chi connectivity index (χ1) is 9.13. The van der Waals surface area contributed by atoms with Crippen molar-refractivity contribution >= 4 is 22.5 Å². The molecule has 1 heterocycles. The Morgan fingerprint density at radius 2 is 2.32 bits per heavy atom. The van der Waals surface area contributed by atoms with Gasteiger partial charge in [0.25, 0.3) is 0 Å². The van der Waals surface area contributed by atoms with Gasteiger partial charge >= 0.3 is 5.76 Å².